The number of halogens is 1. The van der Waals surface area contributed by atoms with Gasteiger partial charge >= 0.3 is 5.97 Å². The van der Waals surface area contributed by atoms with E-state index in [-0.39, 0.29) is 23.7 Å². The predicted molar refractivity (Wildman–Crippen MR) is 72.4 cm³/mol. The third-order valence-electron chi connectivity index (χ3n) is 3.53. The van der Waals surface area contributed by atoms with Crippen molar-refractivity contribution >= 4 is 11.7 Å². The number of rotatable bonds is 4. The standard InChI is InChI=1S/C15H20FNO2/c1-2-19-15(18)11-6-5-7-12(10-11)17-14-9-4-3-8-13(14)16/h3-4,8-9,11-12,17H,2,5-7,10H2,1H3. The number of carbonyl (C=O) groups excluding carboxylic acids is 1. The molecule has 0 saturated heterocycles. The van der Waals surface area contributed by atoms with Gasteiger partial charge in [0.2, 0.25) is 0 Å². The first kappa shape index (κ1) is 13.8. The van der Waals surface area contributed by atoms with Gasteiger partial charge < -0.3 is 10.1 Å². The molecule has 104 valence electrons. The second-order valence-corrected chi connectivity index (χ2v) is 4.94. The first-order chi connectivity index (χ1) is 9.20. The molecular weight excluding hydrogens is 245 g/mol. The summed E-state index contributed by atoms with van der Waals surface area (Å²) in [6.45, 7) is 2.23. The molecule has 1 aromatic rings. The maximum atomic E-state index is 13.6. The molecule has 1 aliphatic carbocycles. The number of hydrogen-bond acceptors (Lipinski definition) is 3. The molecule has 0 aliphatic heterocycles. The summed E-state index contributed by atoms with van der Waals surface area (Å²) in [6, 6.07) is 6.78. The Morgan fingerprint density at radius 1 is 1.42 bits per heavy atom. The van der Waals surface area contributed by atoms with Crippen LogP contribution in [0.15, 0.2) is 24.3 Å². The molecule has 2 atom stereocenters. The average Bonchev–Trinajstić information content (AvgIpc) is 2.42. The maximum absolute atomic E-state index is 13.6. The van der Waals surface area contributed by atoms with Crippen LogP contribution in [-0.4, -0.2) is 18.6 Å². The van der Waals surface area contributed by atoms with Crippen LogP contribution in [0.2, 0.25) is 0 Å². The summed E-state index contributed by atoms with van der Waals surface area (Å²) in [4.78, 5) is 11.7. The smallest absolute Gasteiger partial charge is 0.308 e. The van der Waals surface area contributed by atoms with Crippen molar-refractivity contribution in [1.82, 2.24) is 0 Å². The Kier molecular flexibility index (Phi) is 4.77. The lowest BCUT2D eigenvalue weighted by molar-refractivity contribution is -0.149. The first-order valence-corrected chi connectivity index (χ1v) is 6.88. The van der Waals surface area contributed by atoms with E-state index in [0.29, 0.717) is 18.7 Å². The Morgan fingerprint density at radius 3 is 2.95 bits per heavy atom. The van der Waals surface area contributed by atoms with Gasteiger partial charge in [0.25, 0.3) is 0 Å². The van der Waals surface area contributed by atoms with Crippen molar-refractivity contribution in [2.45, 2.75) is 38.6 Å². The Hall–Kier alpha value is -1.58. The van der Waals surface area contributed by atoms with Crippen molar-refractivity contribution in [2.75, 3.05) is 11.9 Å². The third kappa shape index (κ3) is 3.69. The van der Waals surface area contributed by atoms with Gasteiger partial charge in [-0.1, -0.05) is 18.6 Å². The van der Waals surface area contributed by atoms with E-state index in [1.807, 2.05) is 6.92 Å². The van der Waals surface area contributed by atoms with Crippen LogP contribution in [-0.2, 0) is 9.53 Å². The van der Waals surface area contributed by atoms with Gasteiger partial charge in [-0.2, -0.15) is 0 Å². The van der Waals surface area contributed by atoms with E-state index < -0.39 is 0 Å². The highest BCUT2D eigenvalue weighted by Crippen LogP contribution is 2.28. The number of ether oxygens (including phenoxy) is 1. The molecule has 0 heterocycles. The molecule has 0 radical (unpaired) electrons. The molecule has 3 nitrogen and oxygen atoms in total. The SMILES string of the molecule is CCOC(=O)C1CCCC(Nc2ccccc2F)C1. The van der Waals surface area contributed by atoms with Crippen molar-refractivity contribution in [1.29, 1.82) is 0 Å². The zero-order valence-electron chi connectivity index (χ0n) is 11.2. The van der Waals surface area contributed by atoms with Crippen LogP contribution in [0.4, 0.5) is 10.1 Å². The minimum atomic E-state index is -0.249. The highest BCUT2D eigenvalue weighted by atomic mass is 19.1. The Bertz CT molecular complexity index is 436. The van der Waals surface area contributed by atoms with Crippen LogP contribution in [0.3, 0.4) is 0 Å². The van der Waals surface area contributed by atoms with E-state index in [0.717, 1.165) is 19.3 Å². The van der Waals surface area contributed by atoms with Crippen molar-refractivity contribution in [3.05, 3.63) is 30.1 Å². The fraction of sp³-hybridized carbons (Fsp3) is 0.533. The van der Waals surface area contributed by atoms with Gasteiger partial charge in [-0.25, -0.2) is 4.39 Å². The number of benzene rings is 1. The number of carbonyl (C=O) groups is 1. The molecule has 1 aliphatic rings. The monoisotopic (exact) mass is 265 g/mol. The normalized spacial score (nSPS) is 22.8. The second kappa shape index (κ2) is 6.55. The van der Waals surface area contributed by atoms with Gasteiger partial charge in [0.1, 0.15) is 5.82 Å². The van der Waals surface area contributed by atoms with E-state index >= 15 is 0 Å². The Labute approximate surface area is 113 Å². The topological polar surface area (TPSA) is 38.3 Å². The van der Waals surface area contributed by atoms with Gasteiger partial charge in [-0.05, 0) is 38.3 Å². The van der Waals surface area contributed by atoms with Crippen LogP contribution < -0.4 is 5.32 Å². The minimum Gasteiger partial charge on any atom is -0.466 e. The Morgan fingerprint density at radius 2 is 2.21 bits per heavy atom. The van der Waals surface area contributed by atoms with E-state index in [4.69, 9.17) is 4.74 Å². The van der Waals surface area contributed by atoms with Crippen LogP contribution in [0.5, 0.6) is 0 Å². The fourth-order valence-corrected chi connectivity index (χ4v) is 2.59. The molecule has 1 N–H and O–H groups in total. The molecule has 19 heavy (non-hydrogen) atoms. The minimum absolute atomic E-state index is 0.0574. The lowest BCUT2D eigenvalue weighted by Gasteiger charge is -2.29. The summed E-state index contributed by atoms with van der Waals surface area (Å²) in [5.74, 6) is -0.429. The molecule has 0 bridgehead atoms. The molecule has 2 unspecified atom stereocenters. The van der Waals surface area contributed by atoms with E-state index in [2.05, 4.69) is 5.32 Å². The molecule has 1 fully saturated rings. The summed E-state index contributed by atoms with van der Waals surface area (Å²) in [5, 5.41) is 3.19. The lowest BCUT2D eigenvalue weighted by atomic mass is 9.85. The van der Waals surface area contributed by atoms with Crippen molar-refractivity contribution < 1.29 is 13.9 Å². The van der Waals surface area contributed by atoms with E-state index in [1.54, 1.807) is 18.2 Å². The quantitative estimate of drug-likeness (QED) is 0.848. The molecule has 2 rings (SSSR count). The molecule has 1 saturated carbocycles. The van der Waals surface area contributed by atoms with Gasteiger partial charge in [-0.3, -0.25) is 4.79 Å². The lowest BCUT2D eigenvalue weighted by Crippen LogP contribution is -2.32. The van der Waals surface area contributed by atoms with E-state index in [9.17, 15) is 9.18 Å². The zero-order valence-corrected chi connectivity index (χ0v) is 11.2. The number of para-hydroxylation sites is 1. The summed E-state index contributed by atoms with van der Waals surface area (Å²) in [6.07, 6.45) is 3.52. The third-order valence-corrected chi connectivity index (χ3v) is 3.53. The molecule has 0 amide bonds. The van der Waals surface area contributed by atoms with Gasteiger partial charge in [-0.15, -0.1) is 0 Å². The van der Waals surface area contributed by atoms with Gasteiger partial charge in [0.05, 0.1) is 18.2 Å². The number of esters is 1. The van der Waals surface area contributed by atoms with Crippen LogP contribution in [0.1, 0.15) is 32.6 Å². The Balaban J connectivity index is 1.94. The highest BCUT2D eigenvalue weighted by molar-refractivity contribution is 5.72. The largest absolute Gasteiger partial charge is 0.466 e. The molecular formula is C15H20FNO2. The number of hydrogen-bond donors (Lipinski definition) is 1. The summed E-state index contributed by atoms with van der Waals surface area (Å²) >= 11 is 0. The van der Waals surface area contributed by atoms with Gasteiger partial charge in [0, 0.05) is 6.04 Å². The number of nitrogens with one attached hydrogen (secondary N) is 1. The van der Waals surface area contributed by atoms with Crippen LogP contribution in [0, 0.1) is 11.7 Å². The molecule has 0 spiro atoms. The van der Waals surface area contributed by atoms with Crippen molar-refractivity contribution in [2.24, 2.45) is 5.92 Å². The predicted octanol–water partition coefficient (Wildman–Crippen LogP) is 3.36. The summed E-state index contributed by atoms with van der Waals surface area (Å²) < 4.78 is 18.6. The molecule has 1 aromatic carbocycles. The van der Waals surface area contributed by atoms with Crippen molar-refractivity contribution in [3.8, 4) is 0 Å². The first-order valence-electron chi connectivity index (χ1n) is 6.88. The summed E-state index contributed by atoms with van der Waals surface area (Å²) in [7, 11) is 0. The van der Waals surface area contributed by atoms with Crippen molar-refractivity contribution in [3.63, 3.8) is 0 Å². The molecule has 4 heteroatoms. The van der Waals surface area contributed by atoms with Gasteiger partial charge in [0.15, 0.2) is 0 Å². The van der Waals surface area contributed by atoms with E-state index in [1.165, 1.54) is 6.07 Å². The van der Waals surface area contributed by atoms with Crippen LogP contribution in [0.25, 0.3) is 0 Å². The zero-order chi connectivity index (χ0) is 13.7. The summed E-state index contributed by atoms with van der Waals surface area (Å²) in [5.41, 5.74) is 0.511. The highest BCUT2D eigenvalue weighted by Gasteiger charge is 2.28. The number of anilines is 1. The molecule has 0 aromatic heterocycles. The van der Waals surface area contributed by atoms with Crippen LogP contribution >= 0.6 is 0 Å². The maximum Gasteiger partial charge on any atom is 0.308 e. The average molecular weight is 265 g/mol. The fourth-order valence-electron chi connectivity index (χ4n) is 2.59. The second-order valence-electron chi connectivity index (χ2n) is 4.94.